The van der Waals surface area contributed by atoms with Crippen LogP contribution in [0.2, 0.25) is 0 Å². The molecule has 4 heterocycles. The number of hydrogen-bond donors (Lipinski definition) is 3. The molecule has 0 atom stereocenters. The predicted molar refractivity (Wildman–Crippen MR) is 162 cm³/mol. The number of aliphatic imine (C=N–C) groups is 1. The third-order valence-electron chi connectivity index (χ3n) is 7.83. The second-order valence-corrected chi connectivity index (χ2v) is 10.8. The molecular weight excluding hydrogens is 531 g/mol. The molecule has 0 saturated heterocycles. The molecule has 0 spiro atoms. The van der Waals surface area contributed by atoms with E-state index in [1.165, 1.54) is 0 Å². The highest BCUT2D eigenvalue weighted by atomic mass is 35.5. The fourth-order valence-electron chi connectivity index (χ4n) is 5.51. The fraction of sp³-hybridized carbons (Fsp3) is 0.387. The number of H-pyrrole nitrogens is 2. The lowest BCUT2D eigenvalue weighted by molar-refractivity contribution is -0.116. The van der Waals surface area contributed by atoms with Gasteiger partial charge in [-0.25, -0.2) is 4.99 Å². The molecule has 0 fully saturated rings. The van der Waals surface area contributed by atoms with Crippen LogP contribution in [0.5, 0.6) is 0 Å². The van der Waals surface area contributed by atoms with E-state index in [0.717, 1.165) is 85.3 Å². The zero-order valence-electron chi connectivity index (χ0n) is 23.5. The molecule has 0 bridgehead atoms. The Balaban J connectivity index is 1.87. The van der Waals surface area contributed by atoms with Gasteiger partial charge in [-0.15, -0.1) is 23.2 Å². The summed E-state index contributed by atoms with van der Waals surface area (Å²) >= 11 is 12.4. The topological polar surface area (TPSA) is 90.1 Å². The Morgan fingerprint density at radius 1 is 0.744 bits per heavy atom. The van der Waals surface area contributed by atoms with E-state index in [9.17, 15) is 9.59 Å². The first kappa shape index (κ1) is 28.9. The molecule has 6 nitrogen and oxygen atoms in total. The maximum Gasteiger partial charge on any atom is 0.273 e. The van der Waals surface area contributed by atoms with Gasteiger partial charge >= 0.3 is 0 Å². The van der Waals surface area contributed by atoms with Crippen molar-refractivity contribution in [2.75, 3.05) is 11.8 Å². The first-order valence-corrected chi connectivity index (χ1v) is 14.5. The highest BCUT2D eigenvalue weighted by Gasteiger charge is 2.24. The van der Waals surface area contributed by atoms with Crippen molar-refractivity contribution in [1.82, 2.24) is 15.3 Å². The van der Waals surface area contributed by atoms with Crippen LogP contribution in [0.3, 0.4) is 0 Å². The van der Waals surface area contributed by atoms with E-state index in [-0.39, 0.29) is 11.8 Å². The van der Waals surface area contributed by atoms with E-state index < -0.39 is 0 Å². The lowest BCUT2D eigenvalue weighted by Gasteiger charge is -2.03. The van der Waals surface area contributed by atoms with Gasteiger partial charge in [0.2, 0.25) is 0 Å². The van der Waals surface area contributed by atoms with E-state index in [0.29, 0.717) is 30.2 Å². The Hall–Kier alpha value is -3.09. The summed E-state index contributed by atoms with van der Waals surface area (Å²) in [7, 11) is 0. The van der Waals surface area contributed by atoms with Crippen LogP contribution in [-0.4, -0.2) is 39.3 Å². The van der Waals surface area contributed by atoms with Crippen LogP contribution >= 0.6 is 23.2 Å². The number of hydrogen-bond acceptors (Lipinski definition) is 2. The molecule has 0 unspecified atom stereocenters. The van der Waals surface area contributed by atoms with Gasteiger partial charge < -0.3 is 15.3 Å². The van der Waals surface area contributed by atoms with E-state index in [1.54, 1.807) is 0 Å². The largest absolute Gasteiger partial charge is 0.355 e. The molecule has 3 N–H and O–H groups in total. The normalized spacial score (nSPS) is 17.9. The minimum atomic E-state index is -0.168. The van der Waals surface area contributed by atoms with Crippen LogP contribution in [-0.2, 0) is 22.4 Å². The van der Waals surface area contributed by atoms with Crippen molar-refractivity contribution in [3.63, 3.8) is 0 Å². The predicted octanol–water partition coefficient (Wildman–Crippen LogP) is 5.04. The lowest BCUT2D eigenvalue weighted by atomic mass is 10.0. The molecule has 39 heavy (non-hydrogen) atoms. The Morgan fingerprint density at radius 3 is 2.05 bits per heavy atom. The lowest BCUT2D eigenvalue weighted by Crippen LogP contribution is -2.15. The average molecular weight is 568 g/mol. The number of alkyl halides is 2. The molecule has 2 amide bonds. The fourth-order valence-corrected chi connectivity index (χ4v) is 5.89. The third kappa shape index (κ3) is 5.50. The monoisotopic (exact) mass is 566 g/mol. The smallest absolute Gasteiger partial charge is 0.273 e. The van der Waals surface area contributed by atoms with Crippen molar-refractivity contribution in [1.29, 1.82) is 0 Å². The highest BCUT2D eigenvalue weighted by molar-refractivity contribution is 6.30. The summed E-state index contributed by atoms with van der Waals surface area (Å²) in [5, 5.41) is 4.88. The molecule has 206 valence electrons. The molecule has 2 aliphatic heterocycles. The Labute approximate surface area is 239 Å². The molecule has 2 aliphatic rings. The first-order valence-electron chi connectivity index (χ1n) is 13.5. The zero-order chi connectivity index (χ0) is 28.4. The van der Waals surface area contributed by atoms with Crippen molar-refractivity contribution in [3.8, 4) is 0 Å². The van der Waals surface area contributed by atoms with Crippen LogP contribution in [0.1, 0.15) is 74.2 Å². The zero-order valence-corrected chi connectivity index (χ0v) is 25.0. The summed E-state index contributed by atoms with van der Waals surface area (Å²) in [6.45, 7) is 11.9. The number of aromatic amines is 2. The number of carbonyl (C=O) groups excluding carboxylic acids is 2. The van der Waals surface area contributed by atoms with Crippen LogP contribution in [0, 0.1) is 13.8 Å². The van der Waals surface area contributed by atoms with E-state index in [2.05, 4.69) is 47.1 Å². The number of nitrogens with one attached hydrogen (secondary N) is 3. The summed E-state index contributed by atoms with van der Waals surface area (Å²) in [5.41, 5.74) is 11.4. The van der Waals surface area contributed by atoms with Gasteiger partial charge in [0.05, 0.1) is 5.71 Å². The Bertz CT molecular complexity index is 1600. The SMILES string of the molecule is CCC1=C(C)C(=O)N=C1/C=c1\[nH]/c(=C\c2[nH]c(/C=C3\NC(=O)C(C)=C3CC)c(C)c2CCCl)c(CCCl)c1C. The number of allylic oxidation sites excluding steroid dienone is 2. The summed E-state index contributed by atoms with van der Waals surface area (Å²) < 4.78 is 0. The van der Waals surface area contributed by atoms with Crippen LogP contribution in [0.15, 0.2) is 33.0 Å². The van der Waals surface area contributed by atoms with Gasteiger partial charge in [-0.3, -0.25) is 9.59 Å². The molecule has 8 heteroatoms. The number of nitrogens with zero attached hydrogens (tertiary/aromatic N) is 1. The van der Waals surface area contributed by atoms with E-state index in [1.807, 2.05) is 32.9 Å². The summed E-state index contributed by atoms with van der Waals surface area (Å²) in [6, 6.07) is 0. The Morgan fingerprint density at radius 2 is 1.41 bits per heavy atom. The van der Waals surface area contributed by atoms with Gasteiger partial charge in [0.1, 0.15) is 0 Å². The van der Waals surface area contributed by atoms with Crippen molar-refractivity contribution >= 4 is 59.0 Å². The van der Waals surface area contributed by atoms with Crippen LogP contribution < -0.4 is 16.0 Å². The van der Waals surface area contributed by atoms with Gasteiger partial charge in [-0.05, 0) is 105 Å². The van der Waals surface area contributed by atoms with Crippen molar-refractivity contribution in [2.24, 2.45) is 4.99 Å². The van der Waals surface area contributed by atoms with Crippen LogP contribution in [0.4, 0.5) is 0 Å². The number of carbonyl (C=O) groups is 2. The van der Waals surface area contributed by atoms with Crippen molar-refractivity contribution in [2.45, 2.75) is 67.2 Å². The molecule has 4 rings (SSSR count). The standard InChI is InChI=1S/C31H36Cl2N4O2/c1-7-20-18(5)30(38)36-26(20)13-24-16(3)22(9-11-32)28(34-24)15-29-23(10-12-33)17(4)25(35-29)14-27-21(8-2)19(6)31(39)37-27/h13-15,34-35H,7-12H2,1-6H3,(H,36,38)/b25-14-,26-13-,29-15-. The summed E-state index contributed by atoms with van der Waals surface area (Å²) in [6.07, 6.45) is 9.02. The molecule has 0 radical (unpaired) electrons. The number of halogens is 2. The van der Waals surface area contributed by atoms with Crippen LogP contribution in [0.25, 0.3) is 18.2 Å². The Kier molecular flexibility index (Phi) is 8.87. The molecule has 0 aliphatic carbocycles. The van der Waals surface area contributed by atoms with E-state index >= 15 is 0 Å². The number of aromatic nitrogens is 2. The number of rotatable bonds is 9. The second-order valence-electron chi connectivity index (χ2n) is 10.0. The maximum absolute atomic E-state index is 12.3. The van der Waals surface area contributed by atoms with E-state index in [4.69, 9.17) is 23.2 Å². The molecule has 2 aromatic rings. The minimum Gasteiger partial charge on any atom is -0.355 e. The molecule has 2 aromatic heterocycles. The van der Waals surface area contributed by atoms with Gasteiger partial charge in [0, 0.05) is 50.7 Å². The summed E-state index contributed by atoms with van der Waals surface area (Å²) in [5.74, 6) is 0.760. The van der Waals surface area contributed by atoms with Crippen molar-refractivity contribution < 1.29 is 9.59 Å². The van der Waals surface area contributed by atoms with Crippen molar-refractivity contribution in [3.05, 3.63) is 72.3 Å². The van der Waals surface area contributed by atoms with Gasteiger partial charge in [-0.2, -0.15) is 0 Å². The first-order chi connectivity index (χ1) is 18.6. The second kappa shape index (κ2) is 12.0. The molecular formula is C31H36Cl2N4O2. The quantitative estimate of drug-likeness (QED) is 0.371. The average Bonchev–Trinajstić information content (AvgIpc) is 3.54. The maximum atomic E-state index is 12.3. The highest BCUT2D eigenvalue weighted by Crippen LogP contribution is 2.28. The van der Waals surface area contributed by atoms with Gasteiger partial charge in [-0.1, -0.05) is 13.8 Å². The molecule has 0 aromatic carbocycles. The summed E-state index contributed by atoms with van der Waals surface area (Å²) in [4.78, 5) is 35.9. The van der Waals surface area contributed by atoms with Gasteiger partial charge in [0.15, 0.2) is 0 Å². The minimum absolute atomic E-state index is 0.0451. The number of amides is 2. The molecule has 0 saturated carbocycles. The third-order valence-corrected chi connectivity index (χ3v) is 8.21. The van der Waals surface area contributed by atoms with Gasteiger partial charge in [0.25, 0.3) is 11.8 Å².